The first-order valence-corrected chi connectivity index (χ1v) is 9.06. The molecule has 0 unspecified atom stereocenters. The highest BCUT2D eigenvalue weighted by atomic mass is 16.5. The predicted molar refractivity (Wildman–Crippen MR) is 93.9 cm³/mol. The van der Waals surface area contributed by atoms with Crippen molar-refractivity contribution in [3.8, 4) is 0 Å². The van der Waals surface area contributed by atoms with Gasteiger partial charge in [0.1, 0.15) is 5.82 Å². The number of piperidine rings is 1. The molecule has 1 aliphatic heterocycles. The molecule has 7 nitrogen and oxygen atoms in total. The zero-order chi connectivity index (χ0) is 16.5. The summed E-state index contributed by atoms with van der Waals surface area (Å²) in [5, 5.41) is 5.26. The zero-order valence-electron chi connectivity index (χ0n) is 14.3. The monoisotopic (exact) mass is 330 g/mol. The largest absolute Gasteiger partial charge is 0.375 e. The Balaban J connectivity index is 1.44. The SMILES string of the molecule is Cn1ncc2c(N3CCC(OC4CCCCC4)CC3)nc(N)nc21. The normalized spacial score (nSPS) is 20.8. The molecule has 0 spiro atoms. The van der Waals surface area contributed by atoms with Gasteiger partial charge in [0.05, 0.1) is 23.8 Å². The molecule has 2 aromatic rings. The molecule has 0 aromatic carbocycles. The number of nitrogens with zero attached hydrogens (tertiary/aromatic N) is 5. The molecule has 7 heteroatoms. The molecular formula is C17H26N6O. The van der Waals surface area contributed by atoms with E-state index in [2.05, 4.69) is 20.0 Å². The lowest BCUT2D eigenvalue weighted by Crippen LogP contribution is -2.39. The number of aromatic nitrogens is 4. The molecule has 0 atom stereocenters. The van der Waals surface area contributed by atoms with Crippen LogP contribution in [0.2, 0.25) is 0 Å². The third kappa shape index (κ3) is 3.05. The van der Waals surface area contributed by atoms with E-state index in [0.29, 0.717) is 18.2 Å². The van der Waals surface area contributed by atoms with Crippen LogP contribution in [0.4, 0.5) is 11.8 Å². The van der Waals surface area contributed by atoms with E-state index in [-0.39, 0.29) is 0 Å². The van der Waals surface area contributed by atoms with Crippen LogP contribution >= 0.6 is 0 Å². The summed E-state index contributed by atoms with van der Waals surface area (Å²) in [6.45, 7) is 1.88. The Morgan fingerprint density at radius 1 is 1.04 bits per heavy atom. The van der Waals surface area contributed by atoms with Crippen molar-refractivity contribution >= 4 is 22.8 Å². The third-order valence-corrected chi connectivity index (χ3v) is 5.27. The minimum Gasteiger partial charge on any atom is -0.375 e. The molecule has 4 rings (SSSR count). The molecule has 2 fully saturated rings. The number of hydrogen-bond acceptors (Lipinski definition) is 6. The van der Waals surface area contributed by atoms with Crippen molar-refractivity contribution in [2.24, 2.45) is 7.05 Å². The molecular weight excluding hydrogens is 304 g/mol. The van der Waals surface area contributed by atoms with Crippen molar-refractivity contribution in [2.45, 2.75) is 57.2 Å². The second-order valence-electron chi connectivity index (χ2n) is 6.99. The number of rotatable bonds is 3. The molecule has 1 saturated heterocycles. The molecule has 0 bridgehead atoms. The van der Waals surface area contributed by atoms with Gasteiger partial charge < -0.3 is 15.4 Å². The van der Waals surface area contributed by atoms with Crippen LogP contribution in [0.25, 0.3) is 11.0 Å². The lowest BCUT2D eigenvalue weighted by atomic mass is 9.97. The summed E-state index contributed by atoms with van der Waals surface area (Å²) in [4.78, 5) is 11.1. The fourth-order valence-electron chi connectivity index (χ4n) is 3.94. The molecule has 2 aliphatic rings. The smallest absolute Gasteiger partial charge is 0.224 e. The summed E-state index contributed by atoms with van der Waals surface area (Å²) in [6, 6.07) is 0. The van der Waals surface area contributed by atoms with Gasteiger partial charge in [-0.25, -0.2) is 0 Å². The fourth-order valence-corrected chi connectivity index (χ4v) is 3.94. The number of hydrogen-bond donors (Lipinski definition) is 1. The van der Waals surface area contributed by atoms with Crippen LogP contribution in [-0.4, -0.2) is 45.0 Å². The molecule has 1 aliphatic carbocycles. The predicted octanol–water partition coefficient (Wildman–Crippen LogP) is 2.26. The summed E-state index contributed by atoms with van der Waals surface area (Å²) in [5.41, 5.74) is 6.69. The van der Waals surface area contributed by atoms with Gasteiger partial charge in [-0.1, -0.05) is 19.3 Å². The maximum Gasteiger partial charge on any atom is 0.224 e. The molecule has 0 amide bonds. The topological polar surface area (TPSA) is 82.1 Å². The number of nitrogen functional groups attached to an aromatic ring is 1. The zero-order valence-corrected chi connectivity index (χ0v) is 14.3. The fraction of sp³-hybridized carbons (Fsp3) is 0.706. The second kappa shape index (κ2) is 6.55. The highest BCUT2D eigenvalue weighted by Gasteiger charge is 2.26. The van der Waals surface area contributed by atoms with E-state index >= 15 is 0 Å². The van der Waals surface area contributed by atoms with Crippen LogP contribution < -0.4 is 10.6 Å². The number of anilines is 2. The first kappa shape index (κ1) is 15.6. The summed E-state index contributed by atoms with van der Waals surface area (Å²) in [7, 11) is 1.88. The minimum atomic E-state index is 0.307. The van der Waals surface area contributed by atoms with Crippen molar-refractivity contribution in [1.29, 1.82) is 0 Å². The van der Waals surface area contributed by atoms with E-state index in [1.807, 2.05) is 13.2 Å². The molecule has 2 aromatic heterocycles. The van der Waals surface area contributed by atoms with Crippen molar-refractivity contribution in [3.05, 3.63) is 6.20 Å². The van der Waals surface area contributed by atoms with Crippen LogP contribution in [0, 0.1) is 0 Å². The second-order valence-corrected chi connectivity index (χ2v) is 6.99. The van der Waals surface area contributed by atoms with Gasteiger partial charge in [-0.2, -0.15) is 15.1 Å². The highest BCUT2D eigenvalue weighted by molar-refractivity contribution is 5.87. The standard InChI is InChI=1S/C17H26N6O/c1-22-15-14(11-19-22)16(21-17(18)20-15)23-9-7-13(8-10-23)24-12-5-3-2-4-6-12/h11-13H,2-10H2,1H3,(H2,18,20,21). The van der Waals surface area contributed by atoms with Gasteiger partial charge in [-0.3, -0.25) is 4.68 Å². The Kier molecular flexibility index (Phi) is 4.26. The molecule has 130 valence electrons. The van der Waals surface area contributed by atoms with Crippen molar-refractivity contribution in [1.82, 2.24) is 19.7 Å². The van der Waals surface area contributed by atoms with E-state index in [1.54, 1.807) is 4.68 Å². The Bertz CT molecular complexity index is 700. The third-order valence-electron chi connectivity index (χ3n) is 5.27. The van der Waals surface area contributed by atoms with Gasteiger partial charge in [0, 0.05) is 20.1 Å². The first-order valence-electron chi connectivity index (χ1n) is 9.06. The van der Waals surface area contributed by atoms with Gasteiger partial charge in [0.2, 0.25) is 5.95 Å². The van der Waals surface area contributed by atoms with Gasteiger partial charge in [-0.05, 0) is 25.7 Å². The van der Waals surface area contributed by atoms with E-state index in [0.717, 1.165) is 42.8 Å². The first-order chi connectivity index (χ1) is 11.7. The van der Waals surface area contributed by atoms with Crippen LogP contribution in [0.15, 0.2) is 6.20 Å². The lowest BCUT2D eigenvalue weighted by Gasteiger charge is -2.35. The van der Waals surface area contributed by atoms with E-state index in [1.165, 1.54) is 32.1 Å². The van der Waals surface area contributed by atoms with Crippen molar-refractivity contribution in [2.75, 3.05) is 23.7 Å². The molecule has 0 radical (unpaired) electrons. The number of nitrogens with two attached hydrogens (primary N) is 1. The van der Waals surface area contributed by atoms with Gasteiger partial charge in [0.25, 0.3) is 0 Å². The Morgan fingerprint density at radius 2 is 1.75 bits per heavy atom. The quantitative estimate of drug-likeness (QED) is 0.929. The Labute approximate surface area is 142 Å². The number of fused-ring (bicyclic) bond motifs is 1. The minimum absolute atomic E-state index is 0.307. The lowest BCUT2D eigenvalue weighted by molar-refractivity contribution is -0.0395. The summed E-state index contributed by atoms with van der Waals surface area (Å²) in [6.07, 6.45) is 11.3. The average Bonchev–Trinajstić information content (AvgIpc) is 2.97. The molecule has 2 N–H and O–H groups in total. The van der Waals surface area contributed by atoms with E-state index in [4.69, 9.17) is 10.5 Å². The van der Waals surface area contributed by atoms with E-state index in [9.17, 15) is 0 Å². The number of ether oxygens (including phenoxy) is 1. The maximum absolute atomic E-state index is 6.33. The summed E-state index contributed by atoms with van der Waals surface area (Å²) < 4.78 is 8.08. The maximum atomic E-state index is 6.33. The summed E-state index contributed by atoms with van der Waals surface area (Å²) >= 11 is 0. The summed E-state index contributed by atoms with van der Waals surface area (Å²) in [5.74, 6) is 1.21. The van der Waals surface area contributed by atoms with Crippen LogP contribution in [0.3, 0.4) is 0 Å². The Hall–Kier alpha value is -1.89. The van der Waals surface area contributed by atoms with Crippen LogP contribution in [0.5, 0.6) is 0 Å². The Morgan fingerprint density at radius 3 is 2.50 bits per heavy atom. The van der Waals surface area contributed by atoms with Crippen molar-refractivity contribution < 1.29 is 4.74 Å². The van der Waals surface area contributed by atoms with Gasteiger partial charge in [0.15, 0.2) is 5.65 Å². The highest BCUT2D eigenvalue weighted by Crippen LogP contribution is 2.29. The van der Waals surface area contributed by atoms with Crippen molar-refractivity contribution in [3.63, 3.8) is 0 Å². The molecule has 3 heterocycles. The molecule has 1 saturated carbocycles. The number of aryl methyl sites for hydroxylation is 1. The molecule has 24 heavy (non-hydrogen) atoms. The van der Waals surface area contributed by atoms with Crippen LogP contribution in [0.1, 0.15) is 44.9 Å². The van der Waals surface area contributed by atoms with Crippen LogP contribution in [-0.2, 0) is 11.8 Å². The van der Waals surface area contributed by atoms with Gasteiger partial charge in [-0.15, -0.1) is 0 Å². The van der Waals surface area contributed by atoms with Gasteiger partial charge >= 0.3 is 0 Å². The average molecular weight is 330 g/mol. The van der Waals surface area contributed by atoms with E-state index < -0.39 is 0 Å².